The van der Waals surface area contributed by atoms with Crippen LogP contribution in [0.2, 0.25) is 0 Å². The van der Waals surface area contributed by atoms with Gasteiger partial charge in [0.25, 0.3) is 0 Å². The zero-order chi connectivity index (χ0) is 25.5. The molecule has 4 aromatic rings. The average Bonchev–Trinajstić information content (AvgIpc) is 3.29. The Kier molecular flexibility index (Phi) is 6.26. The van der Waals surface area contributed by atoms with Gasteiger partial charge in [0, 0.05) is 37.5 Å². The Morgan fingerprint density at radius 3 is 2.54 bits per heavy atom. The summed E-state index contributed by atoms with van der Waals surface area (Å²) in [6.07, 6.45) is 2.58. The third kappa shape index (κ3) is 4.65. The van der Waals surface area contributed by atoms with Crippen molar-refractivity contribution >= 4 is 16.8 Å². The lowest BCUT2D eigenvalue weighted by molar-refractivity contribution is -0.147. The number of aliphatic hydroxyl groups is 1. The van der Waals surface area contributed by atoms with Crippen molar-refractivity contribution in [3.05, 3.63) is 95.4 Å². The number of hydrogen-bond donors (Lipinski definition) is 1. The fourth-order valence-electron chi connectivity index (χ4n) is 5.72. The molecule has 2 fully saturated rings. The van der Waals surface area contributed by atoms with E-state index in [1.54, 1.807) is 12.1 Å². The molecule has 1 saturated carbocycles. The maximum Gasteiger partial charge on any atom is 0.226 e. The molecule has 37 heavy (non-hydrogen) atoms. The van der Waals surface area contributed by atoms with Gasteiger partial charge in [-0.15, -0.1) is 0 Å². The van der Waals surface area contributed by atoms with E-state index >= 15 is 0 Å². The van der Waals surface area contributed by atoms with Crippen LogP contribution in [0.1, 0.15) is 35.6 Å². The number of aliphatic hydroxyl groups excluding tert-OH is 1. The molecule has 2 heterocycles. The number of aromatic nitrogens is 2. The van der Waals surface area contributed by atoms with Crippen LogP contribution in [0.5, 0.6) is 0 Å². The Balaban J connectivity index is 1.34. The molecular weight excluding hydrogens is 467 g/mol. The average molecular weight is 499 g/mol. The first-order valence-electron chi connectivity index (χ1n) is 13.0. The van der Waals surface area contributed by atoms with Gasteiger partial charge in [0.15, 0.2) is 0 Å². The molecule has 0 radical (unpaired) electrons. The number of carbonyl (C=O) groups excluding carboxylic acids is 1. The third-order valence-electron chi connectivity index (χ3n) is 7.85. The van der Waals surface area contributed by atoms with Crippen LogP contribution in [0.4, 0.5) is 4.39 Å². The lowest BCUT2D eigenvalue weighted by Gasteiger charge is -2.45. The van der Waals surface area contributed by atoms with E-state index in [2.05, 4.69) is 53.3 Å². The minimum atomic E-state index is -0.359. The molecule has 1 saturated heterocycles. The minimum Gasteiger partial charge on any atom is -0.393 e. The highest BCUT2D eigenvalue weighted by atomic mass is 19.1. The molecule has 7 heteroatoms. The number of rotatable bonds is 5. The minimum absolute atomic E-state index is 0.0822. The number of nitrogens with zero attached hydrogens (tertiary/aromatic N) is 4. The highest BCUT2D eigenvalue weighted by Crippen LogP contribution is 2.36. The number of halogens is 1. The van der Waals surface area contributed by atoms with Gasteiger partial charge in [0.2, 0.25) is 5.91 Å². The molecule has 1 aliphatic heterocycles. The molecule has 1 N–H and O–H groups in total. The van der Waals surface area contributed by atoms with Gasteiger partial charge in [0.05, 0.1) is 29.5 Å². The second-order valence-corrected chi connectivity index (χ2v) is 10.4. The standard InChI is InChI=1S/C30H31FN4O2/c1-20-13-28-23(17-32-35(28)25-9-7-24(31)8-10-25)16-27(20)29-19-33(18-21-5-3-2-4-6-21)11-12-34(29)30(37)22-14-26(36)15-22/h2-10,13,16-17,22,26,29,36H,11-12,14-15,18-19H2,1H3/t22-,26+,29-/m0/s1. The van der Waals surface area contributed by atoms with Gasteiger partial charge in [-0.1, -0.05) is 30.3 Å². The first-order chi connectivity index (χ1) is 18.0. The number of benzene rings is 3. The van der Waals surface area contributed by atoms with Gasteiger partial charge in [-0.05, 0) is 72.9 Å². The molecule has 1 atom stereocenters. The van der Waals surface area contributed by atoms with E-state index < -0.39 is 0 Å². The summed E-state index contributed by atoms with van der Waals surface area (Å²) in [7, 11) is 0. The van der Waals surface area contributed by atoms with Crippen molar-refractivity contribution in [1.82, 2.24) is 19.6 Å². The zero-order valence-corrected chi connectivity index (χ0v) is 20.9. The summed E-state index contributed by atoms with van der Waals surface area (Å²) in [4.78, 5) is 18.0. The van der Waals surface area contributed by atoms with Crippen LogP contribution in [0, 0.1) is 18.7 Å². The summed E-state index contributed by atoms with van der Waals surface area (Å²) in [5, 5.41) is 15.4. The van der Waals surface area contributed by atoms with Crippen molar-refractivity contribution in [2.75, 3.05) is 19.6 Å². The first-order valence-corrected chi connectivity index (χ1v) is 13.0. The predicted octanol–water partition coefficient (Wildman–Crippen LogP) is 4.63. The Morgan fingerprint density at radius 1 is 1.05 bits per heavy atom. The molecule has 0 unspecified atom stereocenters. The van der Waals surface area contributed by atoms with E-state index in [0.29, 0.717) is 19.4 Å². The largest absolute Gasteiger partial charge is 0.393 e. The molecule has 6 nitrogen and oxygen atoms in total. The Labute approximate surface area is 215 Å². The molecule has 3 aromatic carbocycles. The number of amides is 1. The Hall–Kier alpha value is -3.55. The summed E-state index contributed by atoms with van der Waals surface area (Å²) >= 11 is 0. The lowest BCUT2D eigenvalue weighted by atomic mass is 9.80. The maximum atomic E-state index is 13.5. The van der Waals surface area contributed by atoms with E-state index in [4.69, 9.17) is 0 Å². The van der Waals surface area contributed by atoms with Crippen LogP contribution in [-0.4, -0.2) is 56.3 Å². The smallest absolute Gasteiger partial charge is 0.226 e. The second-order valence-electron chi connectivity index (χ2n) is 10.4. The highest BCUT2D eigenvalue weighted by Gasteiger charge is 2.40. The van der Waals surface area contributed by atoms with Gasteiger partial charge in [-0.2, -0.15) is 5.10 Å². The Morgan fingerprint density at radius 2 is 1.81 bits per heavy atom. The number of hydrogen-bond acceptors (Lipinski definition) is 4. The fraction of sp³-hybridized carbons (Fsp3) is 0.333. The van der Waals surface area contributed by atoms with Crippen molar-refractivity contribution < 1.29 is 14.3 Å². The molecule has 190 valence electrons. The van der Waals surface area contributed by atoms with Gasteiger partial charge < -0.3 is 10.0 Å². The van der Waals surface area contributed by atoms with Crippen molar-refractivity contribution in [1.29, 1.82) is 0 Å². The monoisotopic (exact) mass is 498 g/mol. The topological polar surface area (TPSA) is 61.6 Å². The van der Waals surface area contributed by atoms with Gasteiger partial charge in [-0.25, -0.2) is 9.07 Å². The van der Waals surface area contributed by atoms with Gasteiger partial charge in [-0.3, -0.25) is 9.69 Å². The van der Waals surface area contributed by atoms with E-state index in [1.807, 2.05) is 21.8 Å². The van der Waals surface area contributed by atoms with Crippen molar-refractivity contribution in [3.63, 3.8) is 0 Å². The van der Waals surface area contributed by atoms with Gasteiger partial charge in [0.1, 0.15) is 5.82 Å². The van der Waals surface area contributed by atoms with Crippen LogP contribution in [0.25, 0.3) is 16.6 Å². The molecule has 0 bridgehead atoms. The third-order valence-corrected chi connectivity index (χ3v) is 7.85. The molecular formula is C30H31FN4O2. The summed E-state index contributed by atoms with van der Waals surface area (Å²) in [6.45, 7) is 5.15. The molecule has 1 aliphatic carbocycles. The van der Waals surface area contributed by atoms with E-state index in [9.17, 15) is 14.3 Å². The molecule has 2 aliphatic rings. The summed E-state index contributed by atoms with van der Waals surface area (Å²) in [5.41, 5.74) is 5.22. The fourth-order valence-corrected chi connectivity index (χ4v) is 5.72. The normalized spacial score (nSPS) is 22.2. The van der Waals surface area contributed by atoms with Crippen LogP contribution in [0.3, 0.4) is 0 Å². The quantitative estimate of drug-likeness (QED) is 0.436. The maximum absolute atomic E-state index is 13.5. The number of piperazine rings is 1. The van der Waals surface area contributed by atoms with Crippen LogP contribution in [0.15, 0.2) is 72.9 Å². The predicted molar refractivity (Wildman–Crippen MR) is 141 cm³/mol. The highest BCUT2D eigenvalue weighted by molar-refractivity contribution is 5.84. The summed E-state index contributed by atoms with van der Waals surface area (Å²) < 4.78 is 15.3. The second kappa shape index (κ2) is 9.72. The number of fused-ring (bicyclic) bond motifs is 1. The summed E-state index contributed by atoms with van der Waals surface area (Å²) in [5.74, 6) is -0.223. The SMILES string of the molecule is Cc1cc2c(cnn2-c2ccc(F)cc2)cc1[C@@H]1CN(Cc2ccccc2)CCN1C(=O)[C@H]1C[C@@H](O)C1. The number of aryl methyl sites for hydroxylation is 1. The van der Waals surface area contributed by atoms with E-state index in [-0.39, 0.29) is 29.8 Å². The first kappa shape index (κ1) is 23.8. The molecule has 1 aromatic heterocycles. The van der Waals surface area contributed by atoms with Crippen molar-refractivity contribution in [3.8, 4) is 5.69 Å². The van der Waals surface area contributed by atoms with Crippen LogP contribution >= 0.6 is 0 Å². The molecule has 6 rings (SSSR count). The van der Waals surface area contributed by atoms with Crippen molar-refractivity contribution in [2.24, 2.45) is 5.92 Å². The number of carbonyl (C=O) groups is 1. The van der Waals surface area contributed by atoms with E-state index in [0.717, 1.165) is 47.4 Å². The molecule has 1 amide bonds. The van der Waals surface area contributed by atoms with E-state index in [1.165, 1.54) is 17.7 Å². The molecule has 0 spiro atoms. The lowest BCUT2D eigenvalue weighted by Crippen LogP contribution is -2.53. The van der Waals surface area contributed by atoms with Crippen molar-refractivity contribution in [2.45, 2.75) is 38.5 Å². The van der Waals surface area contributed by atoms with Crippen LogP contribution in [-0.2, 0) is 11.3 Å². The zero-order valence-electron chi connectivity index (χ0n) is 20.9. The Bertz CT molecular complexity index is 1410. The van der Waals surface area contributed by atoms with Crippen LogP contribution < -0.4 is 0 Å². The van der Waals surface area contributed by atoms with Gasteiger partial charge >= 0.3 is 0 Å². The summed E-state index contributed by atoms with van der Waals surface area (Å²) in [6, 6.07) is 21.0.